The predicted octanol–water partition coefficient (Wildman–Crippen LogP) is 3.18. The number of benzene rings is 3. The summed E-state index contributed by atoms with van der Waals surface area (Å²) in [6, 6.07) is 16.2. The number of aliphatic hydroxyl groups excluding tert-OH is 1. The molecule has 0 radical (unpaired) electrons. The van der Waals surface area contributed by atoms with Crippen LogP contribution < -0.4 is 14.8 Å². The van der Waals surface area contributed by atoms with Gasteiger partial charge in [-0.05, 0) is 73.2 Å². The maximum atomic E-state index is 13.1. The molecule has 3 aromatic rings. The van der Waals surface area contributed by atoms with Crippen molar-refractivity contribution in [1.29, 1.82) is 0 Å². The lowest BCUT2D eigenvalue weighted by Crippen LogP contribution is -2.49. The van der Waals surface area contributed by atoms with Gasteiger partial charge in [0, 0.05) is 23.8 Å². The topological polar surface area (TPSA) is 125 Å². The van der Waals surface area contributed by atoms with Gasteiger partial charge in [-0.1, -0.05) is 23.7 Å². The molecule has 3 rings (SSSR count). The molecule has 0 heterocycles. The van der Waals surface area contributed by atoms with Gasteiger partial charge < -0.3 is 20.1 Å². The maximum absolute atomic E-state index is 13.1. The molecule has 0 saturated carbocycles. The van der Waals surface area contributed by atoms with Crippen molar-refractivity contribution < 1.29 is 32.2 Å². The number of carbonyl (C=O) groups excluding carboxylic acids is 2. The zero-order valence-corrected chi connectivity index (χ0v) is 22.0. The molecular weight excluding hydrogens is 537 g/mol. The Labute approximate surface area is 225 Å². The number of carbonyl (C=O) groups is 2. The second-order valence-electron chi connectivity index (χ2n) is 8.21. The van der Waals surface area contributed by atoms with E-state index in [4.69, 9.17) is 21.4 Å². The molecule has 0 aliphatic carbocycles. The van der Waals surface area contributed by atoms with Crippen molar-refractivity contribution in [2.45, 2.75) is 24.4 Å². The molecule has 2 amide bonds. The van der Waals surface area contributed by atoms with Crippen LogP contribution in [0.2, 0.25) is 5.02 Å². The van der Waals surface area contributed by atoms with E-state index >= 15 is 0 Å². The van der Waals surface area contributed by atoms with Crippen molar-refractivity contribution in [1.82, 2.24) is 10.2 Å². The van der Waals surface area contributed by atoms with E-state index in [0.29, 0.717) is 5.02 Å². The number of rotatable bonds is 12. The van der Waals surface area contributed by atoms with E-state index in [0.717, 1.165) is 17.7 Å². The maximum Gasteiger partial charge on any atom is 0.261 e. The Morgan fingerprint density at radius 1 is 1.03 bits per heavy atom. The van der Waals surface area contributed by atoms with Crippen LogP contribution in [-0.4, -0.2) is 56.0 Å². The average Bonchev–Trinajstić information content (AvgIpc) is 2.91. The van der Waals surface area contributed by atoms with E-state index in [1.54, 1.807) is 31.2 Å². The number of nitrogens with one attached hydrogen (secondary N) is 2. The van der Waals surface area contributed by atoms with E-state index in [1.165, 1.54) is 41.3 Å². The fraction of sp³-hybridized carbons (Fsp3) is 0.231. The zero-order chi connectivity index (χ0) is 27.7. The molecule has 0 aliphatic heterocycles. The van der Waals surface area contributed by atoms with E-state index in [1.807, 2.05) is 0 Å². The van der Waals surface area contributed by atoms with Crippen molar-refractivity contribution in [2.75, 3.05) is 24.5 Å². The van der Waals surface area contributed by atoms with Gasteiger partial charge in [-0.25, -0.2) is 12.8 Å². The highest BCUT2D eigenvalue weighted by atomic mass is 35.5. The number of hydrogen-bond donors (Lipinski definition) is 3. The lowest BCUT2D eigenvalue weighted by Gasteiger charge is -2.28. The number of nitrogens with zero attached hydrogens (tertiary/aromatic N) is 1. The van der Waals surface area contributed by atoms with Crippen LogP contribution in [0.5, 0.6) is 5.75 Å². The van der Waals surface area contributed by atoms with Crippen molar-refractivity contribution in [3.05, 3.63) is 89.2 Å². The number of anilines is 1. The quantitative estimate of drug-likeness (QED) is 0.311. The van der Waals surface area contributed by atoms with Gasteiger partial charge in [0.2, 0.25) is 5.91 Å². The van der Waals surface area contributed by atoms with Crippen LogP contribution in [-0.2, 0) is 26.2 Å². The molecule has 202 valence electrons. The molecule has 0 aliphatic rings. The van der Waals surface area contributed by atoms with Crippen LogP contribution in [0, 0.1) is 5.82 Å². The van der Waals surface area contributed by atoms with Gasteiger partial charge in [0.25, 0.3) is 15.9 Å². The fourth-order valence-electron chi connectivity index (χ4n) is 3.37. The summed E-state index contributed by atoms with van der Waals surface area (Å²) in [7, 11) is -3.93. The third kappa shape index (κ3) is 8.17. The highest BCUT2D eigenvalue weighted by molar-refractivity contribution is 7.92. The third-order valence-corrected chi connectivity index (χ3v) is 7.09. The standard InChI is InChI=1S/C26H27ClFN3O6S/c1-18(26(34)29-14-15-32)31(16-19-2-4-20(27)5-3-19)25(33)17-37-23-10-12-24(13-11-23)38(35,36)30-22-8-6-21(28)7-9-22/h2-13,18,30,32H,14-17H2,1H3,(H,29,34)/t18-/m1/s1. The summed E-state index contributed by atoms with van der Waals surface area (Å²) in [5.74, 6) is -1.18. The van der Waals surface area contributed by atoms with Gasteiger partial charge in [0.15, 0.2) is 6.61 Å². The molecule has 0 fully saturated rings. The van der Waals surface area contributed by atoms with E-state index in [2.05, 4.69) is 10.0 Å². The van der Waals surface area contributed by atoms with Crippen LogP contribution in [0.15, 0.2) is 77.7 Å². The number of halogens is 2. The van der Waals surface area contributed by atoms with Crippen LogP contribution in [0.1, 0.15) is 12.5 Å². The lowest BCUT2D eigenvalue weighted by atomic mass is 10.1. The molecular formula is C26H27ClFN3O6S. The lowest BCUT2D eigenvalue weighted by molar-refractivity contribution is -0.142. The first kappa shape index (κ1) is 28.9. The summed E-state index contributed by atoms with van der Waals surface area (Å²) in [5.41, 5.74) is 0.947. The van der Waals surface area contributed by atoms with Gasteiger partial charge in [-0.2, -0.15) is 0 Å². The second kappa shape index (κ2) is 13.2. The smallest absolute Gasteiger partial charge is 0.261 e. The van der Waals surface area contributed by atoms with E-state index in [-0.39, 0.29) is 36.0 Å². The molecule has 38 heavy (non-hydrogen) atoms. The molecule has 0 spiro atoms. The predicted molar refractivity (Wildman–Crippen MR) is 141 cm³/mol. The number of ether oxygens (including phenoxy) is 1. The van der Waals surface area contributed by atoms with Gasteiger partial charge in [-0.3, -0.25) is 14.3 Å². The van der Waals surface area contributed by atoms with Crippen LogP contribution >= 0.6 is 11.6 Å². The third-order valence-electron chi connectivity index (χ3n) is 5.44. The van der Waals surface area contributed by atoms with Crippen LogP contribution in [0.4, 0.5) is 10.1 Å². The largest absolute Gasteiger partial charge is 0.484 e. The first-order valence-corrected chi connectivity index (χ1v) is 13.4. The number of hydrogen-bond acceptors (Lipinski definition) is 6. The molecule has 0 aromatic heterocycles. The van der Waals surface area contributed by atoms with Crippen molar-refractivity contribution in [3.8, 4) is 5.75 Å². The Kier molecular flexibility index (Phi) is 10.1. The number of sulfonamides is 1. The number of aliphatic hydroxyl groups is 1. The zero-order valence-electron chi connectivity index (χ0n) is 20.4. The summed E-state index contributed by atoms with van der Waals surface area (Å²) >= 11 is 5.94. The van der Waals surface area contributed by atoms with Gasteiger partial charge in [0.05, 0.1) is 11.5 Å². The van der Waals surface area contributed by atoms with Crippen molar-refractivity contribution in [2.24, 2.45) is 0 Å². The van der Waals surface area contributed by atoms with Crippen molar-refractivity contribution >= 4 is 39.1 Å². The highest BCUT2D eigenvalue weighted by Crippen LogP contribution is 2.20. The Balaban J connectivity index is 1.67. The Morgan fingerprint density at radius 2 is 1.66 bits per heavy atom. The molecule has 0 saturated heterocycles. The first-order valence-electron chi connectivity index (χ1n) is 11.5. The Morgan fingerprint density at radius 3 is 2.26 bits per heavy atom. The van der Waals surface area contributed by atoms with E-state index in [9.17, 15) is 22.4 Å². The molecule has 12 heteroatoms. The normalized spacial score (nSPS) is 11.9. The summed E-state index contributed by atoms with van der Waals surface area (Å²) in [4.78, 5) is 26.8. The fourth-order valence-corrected chi connectivity index (χ4v) is 4.56. The second-order valence-corrected chi connectivity index (χ2v) is 10.3. The van der Waals surface area contributed by atoms with Crippen LogP contribution in [0.25, 0.3) is 0 Å². The highest BCUT2D eigenvalue weighted by Gasteiger charge is 2.26. The summed E-state index contributed by atoms with van der Waals surface area (Å²) in [6.45, 7) is 1.07. The van der Waals surface area contributed by atoms with Gasteiger partial charge in [-0.15, -0.1) is 0 Å². The summed E-state index contributed by atoms with van der Waals surface area (Å²) in [5, 5.41) is 12.1. The summed E-state index contributed by atoms with van der Waals surface area (Å²) < 4.78 is 46.2. The van der Waals surface area contributed by atoms with Gasteiger partial charge in [0.1, 0.15) is 17.6 Å². The molecule has 0 unspecified atom stereocenters. The molecule has 0 bridgehead atoms. The van der Waals surface area contributed by atoms with E-state index < -0.39 is 40.3 Å². The minimum absolute atomic E-state index is 0.0495. The molecule has 9 nitrogen and oxygen atoms in total. The SMILES string of the molecule is C[C@H](C(=O)NCCO)N(Cc1ccc(Cl)cc1)C(=O)COc1ccc(S(=O)(=O)Nc2ccc(F)cc2)cc1. The number of amides is 2. The Bertz CT molecular complexity index is 1340. The summed E-state index contributed by atoms with van der Waals surface area (Å²) in [6.07, 6.45) is 0. The molecule has 3 N–H and O–H groups in total. The first-order chi connectivity index (χ1) is 18.1. The van der Waals surface area contributed by atoms with Crippen molar-refractivity contribution in [3.63, 3.8) is 0 Å². The Hall–Kier alpha value is -3.67. The van der Waals surface area contributed by atoms with Gasteiger partial charge >= 0.3 is 0 Å². The minimum Gasteiger partial charge on any atom is -0.484 e. The molecule has 3 aromatic carbocycles. The van der Waals surface area contributed by atoms with Crippen LogP contribution in [0.3, 0.4) is 0 Å². The minimum atomic E-state index is -3.93. The monoisotopic (exact) mass is 563 g/mol. The average molecular weight is 564 g/mol. The molecule has 1 atom stereocenters.